The van der Waals surface area contributed by atoms with Crippen molar-refractivity contribution in [1.29, 1.82) is 0 Å². The van der Waals surface area contributed by atoms with Crippen LogP contribution in [0.5, 0.6) is 0 Å². The Bertz CT molecular complexity index is 487. The largest absolute Gasteiger partial charge is 0.390 e. The van der Waals surface area contributed by atoms with E-state index in [0.717, 1.165) is 44.1 Å². The van der Waals surface area contributed by atoms with Crippen LogP contribution in [-0.4, -0.2) is 16.8 Å². The minimum atomic E-state index is -0.632. The second-order valence-electron chi connectivity index (χ2n) is 6.45. The summed E-state index contributed by atoms with van der Waals surface area (Å²) in [6, 6.07) is 8.32. The molecule has 3 nitrogen and oxygen atoms in total. The SMILES string of the molecule is CC(C)(O)CCc1ccc(C2(N=C=O)CCCC2)cc1. The highest BCUT2D eigenvalue weighted by Gasteiger charge is 2.35. The van der Waals surface area contributed by atoms with Gasteiger partial charge in [-0.15, -0.1) is 0 Å². The molecule has 0 radical (unpaired) electrons. The van der Waals surface area contributed by atoms with Crippen molar-refractivity contribution in [2.45, 2.75) is 63.5 Å². The number of aliphatic hydroxyl groups is 1. The number of aryl methyl sites for hydroxylation is 1. The Morgan fingerprint density at radius 2 is 1.85 bits per heavy atom. The fourth-order valence-electron chi connectivity index (χ4n) is 2.94. The Morgan fingerprint density at radius 3 is 2.35 bits per heavy atom. The molecule has 0 atom stereocenters. The molecule has 0 aromatic heterocycles. The van der Waals surface area contributed by atoms with E-state index < -0.39 is 5.60 Å². The number of carbonyl (C=O) groups excluding carboxylic acids is 1. The van der Waals surface area contributed by atoms with Crippen molar-refractivity contribution in [3.63, 3.8) is 0 Å². The summed E-state index contributed by atoms with van der Waals surface area (Å²) < 4.78 is 0. The molecule has 0 aliphatic heterocycles. The van der Waals surface area contributed by atoms with Gasteiger partial charge in [0.05, 0.1) is 11.1 Å². The highest BCUT2D eigenvalue weighted by Crippen LogP contribution is 2.42. The quantitative estimate of drug-likeness (QED) is 0.659. The fraction of sp³-hybridized carbons (Fsp3) is 0.588. The normalized spacial score (nSPS) is 17.8. The number of hydrogen-bond donors (Lipinski definition) is 1. The van der Waals surface area contributed by atoms with Gasteiger partial charge in [0.1, 0.15) is 0 Å². The lowest BCUT2D eigenvalue weighted by molar-refractivity contribution is 0.0714. The van der Waals surface area contributed by atoms with E-state index in [1.165, 1.54) is 5.56 Å². The summed E-state index contributed by atoms with van der Waals surface area (Å²) in [6.07, 6.45) is 7.45. The van der Waals surface area contributed by atoms with Crippen molar-refractivity contribution < 1.29 is 9.90 Å². The molecule has 1 N–H and O–H groups in total. The molecule has 0 heterocycles. The number of isocyanates is 1. The second kappa shape index (κ2) is 5.90. The third-order valence-corrected chi connectivity index (χ3v) is 4.21. The molecule has 2 rings (SSSR count). The van der Waals surface area contributed by atoms with E-state index in [4.69, 9.17) is 0 Å². The first-order valence-electron chi connectivity index (χ1n) is 7.36. The van der Waals surface area contributed by atoms with Crippen molar-refractivity contribution in [2.24, 2.45) is 4.99 Å². The van der Waals surface area contributed by atoms with E-state index in [0.29, 0.717) is 0 Å². The van der Waals surface area contributed by atoms with Gasteiger partial charge in [-0.25, -0.2) is 4.79 Å². The summed E-state index contributed by atoms with van der Waals surface area (Å²) in [5, 5.41) is 9.76. The molecular weight excluding hydrogens is 250 g/mol. The average Bonchev–Trinajstić information content (AvgIpc) is 2.86. The van der Waals surface area contributed by atoms with Crippen molar-refractivity contribution in [3.05, 3.63) is 35.4 Å². The molecule has 108 valence electrons. The van der Waals surface area contributed by atoms with Crippen LogP contribution < -0.4 is 0 Å². The van der Waals surface area contributed by atoms with Crippen LogP contribution in [0.15, 0.2) is 29.3 Å². The zero-order valence-corrected chi connectivity index (χ0v) is 12.4. The molecule has 0 spiro atoms. The summed E-state index contributed by atoms with van der Waals surface area (Å²) in [6.45, 7) is 3.65. The number of aliphatic imine (C=N–C) groups is 1. The predicted octanol–water partition coefficient (Wildman–Crippen LogP) is 3.50. The molecular formula is C17H23NO2. The molecule has 3 heteroatoms. The van der Waals surface area contributed by atoms with Gasteiger partial charge in [-0.1, -0.05) is 37.1 Å². The Balaban J connectivity index is 2.13. The van der Waals surface area contributed by atoms with Crippen LogP contribution in [0.2, 0.25) is 0 Å². The van der Waals surface area contributed by atoms with Gasteiger partial charge in [-0.3, -0.25) is 0 Å². The first kappa shape index (κ1) is 15.0. The van der Waals surface area contributed by atoms with Crippen molar-refractivity contribution in [1.82, 2.24) is 0 Å². The van der Waals surface area contributed by atoms with Gasteiger partial charge >= 0.3 is 0 Å². The van der Waals surface area contributed by atoms with Crippen LogP contribution in [0, 0.1) is 0 Å². The van der Waals surface area contributed by atoms with Crippen molar-refractivity contribution >= 4 is 6.08 Å². The summed E-state index contributed by atoms with van der Waals surface area (Å²) in [4.78, 5) is 14.8. The van der Waals surface area contributed by atoms with Crippen LogP contribution in [0.4, 0.5) is 0 Å². The van der Waals surface area contributed by atoms with Gasteiger partial charge in [0, 0.05) is 0 Å². The van der Waals surface area contributed by atoms with Gasteiger partial charge in [-0.05, 0) is 50.7 Å². The summed E-state index contributed by atoms with van der Waals surface area (Å²) in [5.41, 5.74) is 1.36. The van der Waals surface area contributed by atoms with Gasteiger partial charge in [0.2, 0.25) is 6.08 Å². The molecule has 1 saturated carbocycles. The maximum Gasteiger partial charge on any atom is 0.235 e. The molecule has 1 aliphatic rings. The zero-order valence-electron chi connectivity index (χ0n) is 12.4. The molecule has 20 heavy (non-hydrogen) atoms. The van der Waals surface area contributed by atoms with Gasteiger partial charge in [0.15, 0.2) is 0 Å². The first-order chi connectivity index (χ1) is 9.45. The lowest BCUT2D eigenvalue weighted by Gasteiger charge is -2.23. The van der Waals surface area contributed by atoms with Gasteiger partial charge in [-0.2, -0.15) is 4.99 Å². The Hall–Kier alpha value is -1.44. The summed E-state index contributed by atoms with van der Waals surface area (Å²) >= 11 is 0. The second-order valence-corrected chi connectivity index (χ2v) is 6.45. The summed E-state index contributed by atoms with van der Waals surface area (Å²) in [5.74, 6) is 0. The minimum Gasteiger partial charge on any atom is -0.390 e. The van der Waals surface area contributed by atoms with E-state index in [1.807, 2.05) is 13.8 Å². The van der Waals surface area contributed by atoms with E-state index in [-0.39, 0.29) is 5.54 Å². The fourth-order valence-corrected chi connectivity index (χ4v) is 2.94. The van der Waals surface area contributed by atoms with E-state index in [1.54, 1.807) is 6.08 Å². The predicted molar refractivity (Wildman–Crippen MR) is 79.3 cm³/mol. The third kappa shape index (κ3) is 3.56. The van der Waals surface area contributed by atoms with E-state index >= 15 is 0 Å². The standard InChI is InChI=1S/C17H23NO2/c1-16(2,20)12-9-14-5-7-15(8-6-14)17(18-13-19)10-3-4-11-17/h5-8,20H,3-4,9-12H2,1-2H3. The number of nitrogens with zero attached hydrogens (tertiary/aromatic N) is 1. The number of benzene rings is 1. The van der Waals surface area contributed by atoms with E-state index in [2.05, 4.69) is 29.3 Å². The molecule has 1 aromatic rings. The van der Waals surface area contributed by atoms with Gasteiger partial charge < -0.3 is 5.11 Å². The molecule has 0 amide bonds. The molecule has 0 unspecified atom stereocenters. The maximum atomic E-state index is 10.7. The topological polar surface area (TPSA) is 49.7 Å². The maximum absolute atomic E-state index is 10.7. The Labute approximate surface area is 120 Å². The lowest BCUT2D eigenvalue weighted by atomic mass is 9.88. The lowest BCUT2D eigenvalue weighted by Crippen LogP contribution is -2.20. The average molecular weight is 273 g/mol. The Morgan fingerprint density at radius 1 is 1.25 bits per heavy atom. The van der Waals surface area contributed by atoms with E-state index in [9.17, 15) is 9.90 Å². The molecule has 1 aromatic carbocycles. The summed E-state index contributed by atoms with van der Waals surface area (Å²) in [7, 11) is 0. The molecule has 1 aliphatic carbocycles. The van der Waals surface area contributed by atoms with Crippen molar-refractivity contribution in [2.75, 3.05) is 0 Å². The smallest absolute Gasteiger partial charge is 0.235 e. The van der Waals surface area contributed by atoms with Crippen LogP contribution in [0.25, 0.3) is 0 Å². The zero-order chi connectivity index (χ0) is 14.6. The van der Waals surface area contributed by atoms with Crippen LogP contribution in [0.1, 0.15) is 57.1 Å². The van der Waals surface area contributed by atoms with Gasteiger partial charge in [0.25, 0.3) is 0 Å². The minimum absolute atomic E-state index is 0.337. The van der Waals surface area contributed by atoms with Crippen LogP contribution in [0.3, 0.4) is 0 Å². The molecule has 1 fully saturated rings. The third-order valence-electron chi connectivity index (χ3n) is 4.21. The monoisotopic (exact) mass is 273 g/mol. The van der Waals surface area contributed by atoms with Crippen LogP contribution in [-0.2, 0) is 16.8 Å². The highest BCUT2D eigenvalue weighted by atomic mass is 16.3. The molecule has 0 saturated heterocycles. The van der Waals surface area contributed by atoms with Crippen molar-refractivity contribution in [3.8, 4) is 0 Å². The highest BCUT2D eigenvalue weighted by molar-refractivity contribution is 5.39. The number of hydrogen-bond acceptors (Lipinski definition) is 3. The molecule has 0 bridgehead atoms. The number of rotatable bonds is 5. The Kier molecular flexibility index (Phi) is 4.42. The van der Waals surface area contributed by atoms with Crippen LogP contribution >= 0.6 is 0 Å². The first-order valence-corrected chi connectivity index (χ1v) is 7.36.